The van der Waals surface area contributed by atoms with Gasteiger partial charge in [-0.3, -0.25) is 0 Å². The van der Waals surface area contributed by atoms with Crippen molar-refractivity contribution in [2.24, 2.45) is 29.4 Å². The van der Waals surface area contributed by atoms with Crippen LogP contribution in [-0.4, -0.2) is 11.5 Å². The summed E-state index contributed by atoms with van der Waals surface area (Å²) >= 11 is 0. The summed E-state index contributed by atoms with van der Waals surface area (Å²) in [4.78, 5) is 4.70. The zero-order valence-corrected chi connectivity index (χ0v) is 12.5. The molecule has 0 radical (unpaired) electrons. The maximum atomic E-state index is 6.18. The molecule has 4 saturated carbocycles. The second-order valence-corrected chi connectivity index (χ2v) is 7.27. The van der Waals surface area contributed by atoms with E-state index >= 15 is 0 Å². The van der Waals surface area contributed by atoms with Crippen LogP contribution in [0.15, 0.2) is 4.42 Å². The molecule has 4 aliphatic rings. The normalized spacial score (nSPS) is 38.6. The van der Waals surface area contributed by atoms with Crippen molar-refractivity contribution in [2.45, 2.75) is 57.8 Å². The Morgan fingerprint density at radius 1 is 1.10 bits per heavy atom. The molecular weight excluding hydrogens is 248 g/mol. The predicted molar refractivity (Wildman–Crippen MR) is 78.4 cm³/mol. The standard InChI is InChI=1S/C17H26N2O/c1-2-15-19-14(3-4-18)17(20-15)16-12-6-10-5-11(8-12)9-13(16)7-10/h10-13,16H,2-9,18H2,1H3. The van der Waals surface area contributed by atoms with Gasteiger partial charge in [-0.1, -0.05) is 6.92 Å². The molecule has 1 aromatic heterocycles. The van der Waals surface area contributed by atoms with Gasteiger partial charge in [0, 0.05) is 18.8 Å². The van der Waals surface area contributed by atoms with Gasteiger partial charge in [-0.05, 0) is 62.3 Å². The molecule has 3 nitrogen and oxygen atoms in total. The first-order valence-electron chi connectivity index (χ1n) is 8.47. The molecule has 0 unspecified atom stereocenters. The van der Waals surface area contributed by atoms with Crippen LogP contribution in [0.5, 0.6) is 0 Å². The average molecular weight is 274 g/mol. The Balaban J connectivity index is 1.68. The van der Waals surface area contributed by atoms with Crippen LogP contribution in [0.25, 0.3) is 0 Å². The summed E-state index contributed by atoms with van der Waals surface area (Å²) in [5.74, 6) is 6.54. The van der Waals surface area contributed by atoms with Crippen molar-refractivity contribution in [3.63, 3.8) is 0 Å². The summed E-state index contributed by atoms with van der Waals surface area (Å²) in [5.41, 5.74) is 6.94. The fourth-order valence-electron chi connectivity index (χ4n) is 5.50. The van der Waals surface area contributed by atoms with E-state index in [1.165, 1.54) is 43.6 Å². The minimum absolute atomic E-state index is 0.650. The molecule has 4 bridgehead atoms. The number of nitrogens with zero attached hydrogens (tertiary/aromatic N) is 1. The number of nitrogens with two attached hydrogens (primary N) is 1. The summed E-state index contributed by atoms with van der Waals surface area (Å²) in [5, 5.41) is 0. The molecule has 0 aromatic carbocycles. The molecule has 2 N–H and O–H groups in total. The van der Waals surface area contributed by atoms with Crippen LogP contribution in [0.3, 0.4) is 0 Å². The van der Waals surface area contributed by atoms with E-state index in [4.69, 9.17) is 15.1 Å². The van der Waals surface area contributed by atoms with E-state index in [0.717, 1.165) is 42.4 Å². The van der Waals surface area contributed by atoms with Gasteiger partial charge in [0.05, 0.1) is 5.69 Å². The lowest BCUT2D eigenvalue weighted by molar-refractivity contribution is -0.0103. The Hall–Kier alpha value is -0.830. The number of hydrogen-bond acceptors (Lipinski definition) is 3. The van der Waals surface area contributed by atoms with Crippen molar-refractivity contribution in [1.82, 2.24) is 4.98 Å². The third-order valence-corrected chi connectivity index (χ3v) is 5.98. The maximum absolute atomic E-state index is 6.18. The topological polar surface area (TPSA) is 52.0 Å². The third-order valence-electron chi connectivity index (χ3n) is 5.98. The molecule has 20 heavy (non-hydrogen) atoms. The molecule has 0 amide bonds. The Kier molecular flexibility index (Phi) is 3.13. The van der Waals surface area contributed by atoms with Crippen molar-refractivity contribution in [1.29, 1.82) is 0 Å². The van der Waals surface area contributed by atoms with Gasteiger partial charge in [0.15, 0.2) is 5.89 Å². The van der Waals surface area contributed by atoms with E-state index < -0.39 is 0 Å². The highest BCUT2D eigenvalue weighted by atomic mass is 16.4. The quantitative estimate of drug-likeness (QED) is 0.916. The zero-order valence-electron chi connectivity index (χ0n) is 12.5. The average Bonchev–Trinajstić information content (AvgIpc) is 2.81. The molecule has 0 spiro atoms. The van der Waals surface area contributed by atoms with E-state index in [2.05, 4.69) is 6.92 Å². The largest absolute Gasteiger partial charge is 0.445 e. The molecule has 3 heteroatoms. The molecule has 1 aromatic rings. The Morgan fingerprint density at radius 3 is 2.30 bits per heavy atom. The first-order chi connectivity index (χ1) is 9.78. The van der Waals surface area contributed by atoms with Gasteiger partial charge in [-0.25, -0.2) is 4.98 Å². The zero-order chi connectivity index (χ0) is 13.7. The van der Waals surface area contributed by atoms with Gasteiger partial charge in [0.25, 0.3) is 0 Å². The van der Waals surface area contributed by atoms with E-state index in [9.17, 15) is 0 Å². The van der Waals surface area contributed by atoms with E-state index in [1.54, 1.807) is 0 Å². The van der Waals surface area contributed by atoms with Crippen LogP contribution in [0.1, 0.15) is 62.3 Å². The first-order valence-corrected chi connectivity index (χ1v) is 8.47. The number of aryl methyl sites for hydroxylation is 1. The van der Waals surface area contributed by atoms with Crippen molar-refractivity contribution >= 4 is 0 Å². The highest BCUT2D eigenvalue weighted by molar-refractivity contribution is 5.21. The fraction of sp³-hybridized carbons (Fsp3) is 0.824. The molecule has 0 atom stereocenters. The van der Waals surface area contributed by atoms with Crippen LogP contribution in [0, 0.1) is 23.7 Å². The lowest BCUT2D eigenvalue weighted by Crippen LogP contribution is -2.43. The highest BCUT2D eigenvalue weighted by Crippen LogP contribution is 2.60. The third kappa shape index (κ3) is 1.93. The number of oxazole rings is 1. The Bertz CT molecular complexity index is 465. The maximum Gasteiger partial charge on any atom is 0.194 e. The summed E-state index contributed by atoms with van der Waals surface area (Å²) in [6.07, 6.45) is 9.01. The molecule has 1 heterocycles. The van der Waals surface area contributed by atoms with Crippen LogP contribution < -0.4 is 5.73 Å². The van der Waals surface area contributed by atoms with E-state index in [-0.39, 0.29) is 0 Å². The van der Waals surface area contributed by atoms with Crippen LogP contribution in [0.2, 0.25) is 0 Å². The van der Waals surface area contributed by atoms with Crippen LogP contribution in [0.4, 0.5) is 0 Å². The summed E-state index contributed by atoms with van der Waals surface area (Å²) < 4.78 is 6.18. The van der Waals surface area contributed by atoms with Gasteiger partial charge in [-0.15, -0.1) is 0 Å². The SMILES string of the molecule is CCc1nc(CCN)c(C2C3CC4CC(C3)CC2C4)o1. The number of aromatic nitrogens is 1. The van der Waals surface area contributed by atoms with Crippen molar-refractivity contribution < 1.29 is 4.42 Å². The lowest BCUT2D eigenvalue weighted by Gasteiger charge is -2.53. The van der Waals surface area contributed by atoms with Gasteiger partial charge in [0.1, 0.15) is 5.76 Å². The van der Waals surface area contributed by atoms with Crippen LogP contribution in [-0.2, 0) is 12.8 Å². The predicted octanol–water partition coefficient (Wildman–Crippen LogP) is 3.28. The second kappa shape index (κ2) is 4.87. The molecule has 0 saturated heterocycles. The summed E-state index contributed by atoms with van der Waals surface area (Å²) in [7, 11) is 0. The molecule has 5 rings (SSSR count). The minimum atomic E-state index is 0.650. The van der Waals surface area contributed by atoms with Crippen molar-refractivity contribution in [3.05, 3.63) is 17.3 Å². The lowest BCUT2D eigenvalue weighted by atomic mass is 9.51. The minimum Gasteiger partial charge on any atom is -0.445 e. The smallest absolute Gasteiger partial charge is 0.194 e. The Morgan fingerprint density at radius 2 is 1.75 bits per heavy atom. The van der Waals surface area contributed by atoms with Crippen LogP contribution >= 0.6 is 0 Å². The molecule has 0 aliphatic heterocycles. The van der Waals surface area contributed by atoms with E-state index in [0.29, 0.717) is 12.5 Å². The molecule has 4 aliphatic carbocycles. The highest BCUT2D eigenvalue weighted by Gasteiger charge is 2.50. The number of hydrogen-bond donors (Lipinski definition) is 1. The fourth-order valence-corrected chi connectivity index (χ4v) is 5.50. The molecule has 4 fully saturated rings. The van der Waals surface area contributed by atoms with Gasteiger partial charge in [-0.2, -0.15) is 0 Å². The van der Waals surface area contributed by atoms with Gasteiger partial charge in [0.2, 0.25) is 0 Å². The van der Waals surface area contributed by atoms with Gasteiger partial charge < -0.3 is 10.2 Å². The molecule has 110 valence electrons. The Labute approximate surface area is 121 Å². The number of rotatable bonds is 4. The second-order valence-electron chi connectivity index (χ2n) is 7.27. The van der Waals surface area contributed by atoms with Crippen molar-refractivity contribution in [2.75, 3.05) is 6.54 Å². The van der Waals surface area contributed by atoms with Gasteiger partial charge >= 0.3 is 0 Å². The monoisotopic (exact) mass is 274 g/mol. The first kappa shape index (κ1) is 12.9. The van der Waals surface area contributed by atoms with E-state index in [1.807, 2.05) is 0 Å². The summed E-state index contributed by atoms with van der Waals surface area (Å²) in [6.45, 7) is 2.80. The van der Waals surface area contributed by atoms with Crippen molar-refractivity contribution in [3.8, 4) is 0 Å². The summed E-state index contributed by atoms with van der Waals surface area (Å²) in [6, 6.07) is 0. The molecular formula is C17H26N2O.